The Morgan fingerprint density at radius 3 is 2.50 bits per heavy atom. The molecule has 0 aliphatic heterocycles. The molecule has 1 atom stereocenters. The van der Waals surface area contributed by atoms with E-state index in [1.54, 1.807) is 11.3 Å². The van der Waals surface area contributed by atoms with E-state index in [9.17, 15) is 0 Å². The van der Waals surface area contributed by atoms with Crippen LogP contribution < -0.4 is 11.1 Å². The van der Waals surface area contributed by atoms with Gasteiger partial charge in [0.2, 0.25) is 0 Å². The number of guanidine groups is 1. The minimum Gasteiger partial charge on any atom is -0.370 e. The highest BCUT2D eigenvalue weighted by Gasteiger charge is 2.05. The van der Waals surface area contributed by atoms with E-state index in [1.165, 1.54) is 17.7 Å². The lowest BCUT2D eigenvalue weighted by molar-refractivity contribution is 0.493. The molecule has 22 heavy (non-hydrogen) atoms. The maximum atomic E-state index is 5.94. The smallest absolute Gasteiger partial charge is 0.188 e. The summed E-state index contributed by atoms with van der Waals surface area (Å²) in [5.41, 5.74) is 7.07. The highest BCUT2D eigenvalue weighted by molar-refractivity contribution is 14.0. The molecule has 1 unspecified atom stereocenters. The van der Waals surface area contributed by atoms with Crippen LogP contribution in [0.5, 0.6) is 0 Å². The van der Waals surface area contributed by atoms with Crippen molar-refractivity contribution in [2.75, 3.05) is 6.54 Å². The van der Waals surface area contributed by atoms with Crippen molar-refractivity contribution < 1.29 is 0 Å². The Balaban J connectivity index is 0.00000441. The summed E-state index contributed by atoms with van der Waals surface area (Å²) >= 11 is 1.75. The number of nitrogens with one attached hydrogen (secondary N) is 1. The number of thiazole rings is 1. The van der Waals surface area contributed by atoms with Gasteiger partial charge >= 0.3 is 0 Å². The molecule has 0 spiro atoms. The Labute approximate surface area is 156 Å². The van der Waals surface area contributed by atoms with Crippen molar-refractivity contribution in [3.8, 4) is 0 Å². The molecule has 0 bridgehead atoms. The third kappa shape index (κ3) is 8.92. The van der Waals surface area contributed by atoms with Gasteiger partial charge in [0.05, 0.1) is 10.7 Å². The molecule has 1 aromatic heterocycles. The van der Waals surface area contributed by atoms with Gasteiger partial charge in [-0.05, 0) is 33.1 Å². The molecule has 0 aromatic carbocycles. The van der Waals surface area contributed by atoms with E-state index in [0.717, 1.165) is 36.0 Å². The van der Waals surface area contributed by atoms with Crippen molar-refractivity contribution in [3.05, 3.63) is 15.6 Å². The molecule has 0 aliphatic carbocycles. The molecule has 0 aliphatic rings. The zero-order valence-corrected chi connectivity index (χ0v) is 17.6. The summed E-state index contributed by atoms with van der Waals surface area (Å²) in [7, 11) is 0. The number of halogens is 1. The van der Waals surface area contributed by atoms with Crippen LogP contribution in [-0.2, 0) is 6.42 Å². The van der Waals surface area contributed by atoms with Crippen molar-refractivity contribution in [2.24, 2.45) is 16.6 Å². The fourth-order valence-corrected chi connectivity index (χ4v) is 3.21. The molecule has 0 radical (unpaired) electrons. The van der Waals surface area contributed by atoms with Crippen molar-refractivity contribution in [1.82, 2.24) is 10.3 Å². The van der Waals surface area contributed by atoms with Crippen LogP contribution in [0.2, 0.25) is 0 Å². The highest BCUT2D eigenvalue weighted by Crippen LogP contribution is 2.17. The summed E-state index contributed by atoms with van der Waals surface area (Å²) in [5, 5.41) is 4.40. The first-order valence-corrected chi connectivity index (χ1v) is 8.69. The Bertz CT molecular complexity index is 457. The van der Waals surface area contributed by atoms with Crippen LogP contribution in [0.1, 0.15) is 55.6 Å². The minimum absolute atomic E-state index is 0. The number of aryl methyl sites for hydroxylation is 2. The first kappa shape index (κ1) is 21.6. The molecule has 128 valence electrons. The summed E-state index contributed by atoms with van der Waals surface area (Å²) in [6.45, 7) is 11.5. The zero-order chi connectivity index (χ0) is 15.8. The average Bonchev–Trinajstić information content (AvgIpc) is 2.67. The standard InChI is InChI=1S/C16H30N4S.HI/c1-11(2)7-6-8-12(3)19-16(17)18-10-9-15-13(4)20-14(5)21-15;/h11-12H,6-10H2,1-5H3,(H3,17,18,19);1H. The third-order valence-electron chi connectivity index (χ3n) is 3.43. The number of aliphatic imine (C=N–C) groups is 1. The van der Waals surface area contributed by atoms with E-state index in [2.05, 4.69) is 43.0 Å². The second-order valence-electron chi connectivity index (χ2n) is 6.13. The molecular weight excluding hydrogens is 407 g/mol. The molecule has 6 heteroatoms. The van der Waals surface area contributed by atoms with Gasteiger partial charge in [-0.3, -0.25) is 4.99 Å². The average molecular weight is 438 g/mol. The molecule has 4 nitrogen and oxygen atoms in total. The van der Waals surface area contributed by atoms with Crippen LogP contribution in [0.25, 0.3) is 0 Å². The van der Waals surface area contributed by atoms with Gasteiger partial charge in [-0.1, -0.05) is 26.7 Å². The SMILES string of the molecule is Cc1nc(C)c(CCN=C(N)NC(C)CCCC(C)C)s1.I. The number of rotatable bonds is 8. The van der Waals surface area contributed by atoms with E-state index in [1.807, 2.05) is 6.92 Å². The summed E-state index contributed by atoms with van der Waals surface area (Å²) < 4.78 is 0. The number of nitrogens with zero attached hydrogens (tertiary/aromatic N) is 2. The van der Waals surface area contributed by atoms with Crippen LogP contribution in [-0.4, -0.2) is 23.5 Å². The first-order valence-electron chi connectivity index (χ1n) is 7.87. The van der Waals surface area contributed by atoms with Gasteiger partial charge in [-0.2, -0.15) is 0 Å². The Kier molecular flexibility index (Phi) is 11.0. The summed E-state index contributed by atoms with van der Waals surface area (Å²) in [6, 6.07) is 0.389. The first-order chi connectivity index (χ1) is 9.88. The molecule has 1 rings (SSSR count). The van der Waals surface area contributed by atoms with E-state index in [0.29, 0.717) is 12.0 Å². The summed E-state index contributed by atoms with van der Waals surface area (Å²) in [5.74, 6) is 1.33. The molecule has 3 N–H and O–H groups in total. The second kappa shape index (κ2) is 11.2. The van der Waals surface area contributed by atoms with Gasteiger partial charge in [0, 0.05) is 23.9 Å². The zero-order valence-electron chi connectivity index (χ0n) is 14.5. The molecule has 0 amide bonds. The second-order valence-corrected chi connectivity index (χ2v) is 7.42. The number of hydrogen-bond donors (Lipinski definition) is 2. The van der Waals surface area contributed by atoms with E-state index in [4.69, 9.17) is 5.73 Å². The van der Waals surface area contributed by atoms with Crippen LogP contribution in [0, 0.1) is 19.8 Å². The predicted octanol–water partition coefficient (Wildman–Crippen LogP) is 4.04. The minimum atomic E-state index is 0. The largest absolute Gasteiger partial charge is 0.370 e. The van der Waals surface area contributed by atoms with Crippen molar-refractivity contribution in [1.29, 1.82) is 0 Å². The van der Waals surface area contributed by atoms with Crippen LogP contribution in [0.4, 0.5) is 0 Å². The lowest BCUT2D eigenvalue weighted by Crippen LogP contribution is -2.38. The molecule has 0 saturated heterocycles. The topological polar surface area (TPSA) is 63.3 Å². The van der Waals surface area contributed by atoms with Crippen molar-refractivity contribution >= 4 is 41.3 Å². The number of hydrogen-bond acceptors (Lipinski definition) is 3. The molecule has 1 heterocycles. The Morgan fingerprint density at radius 1 is 1.27 bits per heavy atom. The van der Waals surface area contributed by atoms with E-state index >= 15 is 0 Å². The normalized spacial score (nSPS) is 13.1. The van der Waals surface area contributed by atoms with Crippen LogP contribution >= 0.6 is 35.3 Å². The van der Waals surface area contributed by atoms with Gasteiger partial charge in [-0.15, -0.1) is 35.3 Å². The molecule has 0 saturated carbocycles. The third-order valence-corrected chi connectivity index (χ3v) is 4.57. The van der Waals surface area contributed by atoms with E-state index in [-0.39, 0.29) is 24.0 Å². The number of nitrogens with two attached hydrogens (primary N) is 1. The monoisotopic (exact) mass is 438 g/mol. The number of aromatic nitrogens is 1. The maximum absolute atomic E-state index is 5.94. The van der Waals surface area contributed by atoms with Crippen molar-refractivity contribution in [2.45, 2.75) is 66.3 Å². The Morgan fingerprint density at radius 2 is 1.95 bits per heavy atom. The molecule has 1 aromatic rings. The van der Waals surface area contributed by atoms with Crippen LogP contribution in [0.3, 0.4) is 0 Å². The Hall–Kier alpha value is -0.370. The lowest BCUT2D eigenvalue weighted by atomic mass is 10.0. The highest BCUT2D eigenvalue weighted by atomic mass is 127. The van der Waals surface area contributed by atoms with Gasteiger partial charge in [-0.25, -0.2) is 4.98 Å². The van der Waals surface area contributed by atoms with E-state index < -0.39 is 0 Å². The fourth-order valence-electron chi connectivity index (χ4n) is 2.29. The summed E-state index contributed by atoms with van der Waals surface area (Å²) in [6.07, 6.45) is 4.56. The van der Waals surface area contributed by atoms with Gasteiger partial charge in [0.1, 0.15) is 0 Å². The lowest BCUT2D eigenvalue weighted by Gasteiger charge is -2.15. The fraction of sp³-hybridized carbons (Fsp3) is 0.750. The predicted molar refractivity (Wildman–Crippen MR) is 108 cm³/mol. The molecular formula is C16H31IN4S. The quantitative estimate of drug-likeness (QED) is 0.366. The maximum Gasteiger partial charge on any atom is 0.188 e. The van der Waals surface area contributed by atoms with Crippen molar-refractivity contribution in [3.63, 3.8) is 0 Å². The van der Waals surface area contributed by atoms with Gasteiger partial charge in [0.15, 0.2) is 5.96 Å². The molecule has 0 fully saturated rings. The van der Waals surface area contributed by atoms with Gasteiger partial charge in [0.25, 0.3) is 0 Å². The summed E-state index contributed by atoms with van der Waals surface area (Å²) in [4.78, 5) is 10.2. The van der Waals surface area contributed by atoms with Gasteiger partial charge < -0.3 is 11.1 Å². The van der Waals surface area contributed by atoms with Crippen LogP contribution in [0.15, 0.2) is 4.99 Å².